The Hall–Kier alpha value is -2.84. The highest BCUT2D eigenvalue weighted by molar-refractivity contribution is 6.05. The third-order valence-electron chi connectivity index (χ3n) is 4.83. The van der Waals surface area contributed by atoms with Crippen LogP contribution in [0.4, 0.5) is 17.1 Å². The number of rotatable bonds is 13. The zero-order valence-electron chi connectivity index (χ0n) is 18.9. The predicted molar refractivity (Wildman–Crippen MR) is 131 cm³/mol. The van der Waals surface area contributed by atoms with Crippen molar-refractivity contribution in [3.63, 3.8) is 0 Å². The van der Waals surface area contributed by atoms with Gasteiger partial charge in [0.05, 0.1) is 12.0 Å². The van der Waals surface area contributed by atoms with Gasteiger partial charge in [-0.3, -0.25) is 14.9 Å². The van der Waals surface area contributed by atoms with E-state index in [0.29, 0.717) is 23.7 Å². The number of benzene rings is 2. The molecule has 9 heteroatoms. The standard InChI is InChI=1S/C23H32N4O4.ClH/c1-4-13-26(14-5-2)15-7-12-24-21-11-10-18(16-22(21)27(29)30)23(28)25-19-8-6-9-20(17-19)31-3;/h6,8-11,16-17,24H,4-5,7,12-15H2,1-3H3,(H,25,28);1H. The van der Waals surface area contributed by atoms with Crippen molar-refractivity contribution in [1.82, 2.24) is 4.90 Å². The molecule has 176 valence electrons. The number of nitrogens with zero attached hydrogens (tertiary/aromatic N) is 2. The van der Waals surface area contributed by atoms with Gasteiger partial charge in [-0.15, -0.1) is 12.4 Å². The lowest BCUT2D eigenvalue weighted by Crippen LogP contribution is -2.27. The molecule has 2 rings (SSSR count). The second kappa shape index (κ2) is 14.3. The summed E-state index contributed by atoms with van der Waals surface area (Å²) in [5, 5.41) is 17.4. The SMILES string of the molecule is CCCN(CCC)CCCNc1ccc(C(=O)Nc2cccc(OC)c2)cc1[N+](=O)[O-].Cl. The Morgan fingerprint density at radius 2 is 1.81 bits per heavy atom. The molecule has 0 spiro atoms. The fourth-order valence-corrected chi connectivity index (χ4v) is 3.37. The first-order valence-corrected chi connectivity index (χ1v) is 10.7. The van der Waals surface area contributed by atoms with Gasteiger partial charge in [0.25, 0.3) is 11.6 Å². The minimum absolute atomic E-state index is 0. The summed E-state index contributed by atoms with van der Waals surface area (Å²) in [5.74, 6) is 0.192. The lowest BCUT2D eigenvalue weighted by molar-refractivity contribution is -0.384. The van der Waals surface area contributed by atoms with E-state index in [1.807, 2.05) is 0 Å². The first-order valence-electron chi connectivity index (χ1n) is 10.7. The van der Waals surface area contributed by atoms with Gasteiger partial charge in [-0.2, -0.15) is 0 Å². The summed E-state index contributed by atoms with van der Waals surface area (Å²) < 4.78 is 5.15. The van der Waals surface area contributed by atoms with E-state index >= 15 is 0 Å². The highest BCUT2D eigenvalue weighted by atomic mass is 35.5. The number of anilines is 2. The summed E-state index contributed by atoms with van der Waals surface area (Å²) in [6, 6.07) is 11.4. The maximum atomic E-state index is 12.6. The van der Waals surface area contributed by atoms with E-state index in [0.717, 1.165) is 38.9 Å². The van der Waals surface area contributed by atoms with Crippen LogP contribution in [0.5, 0.6) is 5.75 Å². The summed E-state index contributed by atoms with van der Waals surface area (Å²) >= 11 is 0. The molecule has 2 aromatic carbocycles. The van der Waals surface area contributed by atoms with Crippen LogP contribution in [0.15, 0.2) is 42.5 Å². The molecular formula is C23H33ClN4O4. The molecule has 0 heterocycles. The number of carbonyl (C=O) groups excluding carboxylic acids is 1. The number of hydrogen-bond donors (Lipinski definition) is 2. The maximum absolute atomic E-state index is 12.6. The van der Waals surface area contributed by atoms with Crippen LogP contribution in [0, 0.1) is 10.1 Å². The Bertz CT molecular complexity index is 873. The molecule has 0 unspecified atom stereocenters. The van der Waals surface area contributed by atoms with Crippen LogP contribution in [-0.4, -0.2) is 49.0 Å². The van der Waals surface area contributed by atoms with E-state index in [1.165, 1.54) is 6.07 Å². The minimum Gasteiger partial charge on any atom is -0.497 e. The zero-order valence-corrected chi connectivity index (χ0v) is 19.7. The second-order valence-electron chi connectivity index (χ2n) is 7.30. The van der Waals surface area contributed by atoms with Gasteiger partial charge < -0.3 is 20.3 Å². The van der Waals surface area contributed by atoms with Crippen LogP contribution in [0.25, 0.3) is 0 Å². The van der Waals surface area contributed by atoms with Crippen molar-refractivity contribution in [2.24, 2.45) is 0 Å². The van der Waals surface area contributed by atoms with Crippen molar-refractivity contribution in [1.29, 1.82) is 0 Å². The van der Waals surface area contributed by atoms with Crippen molar-refractivity contribution < 1.29 is 14.5 Å². The molecule has 0 saturated heterocycles. The van der Waals surface area contributed by atoms with Crippen LogP contribution >= 0.6 is 12.4 Å². The number of hydrogen-bond acceptors (Lipinski definition) is 6. The van der Waals surface area contributed by atoms with Gasteiger partial charge in [0.2, 0.25) is 0 Å². The lowest BCUT2D eigenvalue weighted by Gasteiger charge is -2.20. The Balaban J connectivity index is 0.00000512. The van der Waals surface area contributed by atoms with Gasteiger partial charge in [0, 0.05) is 29.9 Å². The molecule has 0 bridgehead atoms. The van der Waals surface area contributed by atoms with Gasteiger partial charge in [-0.1, -0.05) is 19.9 Å². The van der Waals surface area contributed by atoms with Gasteiger partial charge in [-0.25, -0.2) is 0 Å². The van der Waals surface area contributed by atoms with Crippen molar-refractivity contribution in [2.75, 3.05) is 43.9 Å². The number of nitro groups is 1. The largest absolute Gasteiger partial charge is 0.497 e. The molecule has 2 N–H and O–H groups in total. The highest BCUT2D eigenvalue weighted by Crippen LogP contribution is 2.26. The molecule has 2 aromatic rings. The summed E-state index contributed by atoms with van der Waals surface area (Å²) in [4.78, 5) is 26.1. The highest BCUT2D eigenvalue weighted by Gasteiger charge is 2.18. The topological polar surface area (TPSA) is 96.7 Å². The number of amides is 1. The average Bonchev–Trinajstić information content (AvgIpc) is 2.77. The lowest BCUT2D eigenvalue weighted by atomic mass is 10.1. The molecule has 1 amide bonds. The molecule has 0 aliphatic carbocycles. The van der Waals surface area contributed by atoms with Crippen LogP contribution in [0.2, 0.25) is 0 Å². The molecule has 0 fully saturated rings. The molecule has 0 radical (unpaired) electrons. The van der Waals surface area contributed by atoms with Crippen molar-refractivity contribution in [3.05, 3.63) is 58.1 Å². The second-order valence-corrected chi connectivity index (χ2v) is 7.30. The van der Waals surface area contributed by atoms with Crippen molar-refractivity contribution in [3.8, 4) is 5.75 Å². The molecule has 0 atom stereocenters. The van der Waals surface area contributed by atoms with Crippen molar-refractivity contribution >= 4 is 35.4 Å². The van der Waals surface area contributed by atoms with E-state index in [2.05, 4.69) is 29.4 Å². The monoisotopic (exact) mass is 464 g/mol. The predicted octanol–water partition coefficient (Wildman–Crippen LogP) is 5.20. The van der Waals surface area contributed by atoms with Crippen molar-refractivity contribution in [2.45, 2.75) is 33.1 Å². The maximum Gasteiger partial charge on any atom is 0.293 e. The van der Waals surface area contributed by atoms with Crippen LogP contribution < -0.4 is 15.4 Å². The van der Waals surface area contributed by atoms with E-state index < -0.39 is 10.8 Å². The molecule has 0 aliphatic heterocycles. The fraction of sp³-hybridized carbons (Fsp3) is 0.435. The van der Waals surface area contributed by atoms with E-state index in [4.69, 9.17) is 4.74 Å². The Morgan fingerprint density at radius 3 is 2.44 bits per heavy atom. The Morgan fingerprint density at radius 1 is 1.09 bits per heavy atom. The molecular weight excluding hydrogens is 432 g/mol. The van der Waals surface area contributed by atoms with Gasteiger partial charge >= 0.3 is 0 Å². The van der Waals surface area contributed by atoms with E-state index in [-0.39, 0.29) is 23.7 Å². The minimum atomic E-state index is -0.467. The van der Waals surface area contributed by atoms with Gasteiger partial charge in [-0.05, 0) is 63.2 Å². The normalized spacial score (nSPS) is 10.4. The number of nitro benzene ring substituents is 1. The number of ether oxygens (including phenoxy) is 1. The van der Waals surface area contributed by atoms with Gasteiger partial charge in [0.15, 0.2) is 0 Å². The van der Waals surface area contributed by atoms with Gasteiger partial charge in [0.1, 0.15) is 11.4 Å². The third-order valence-corrected chi connectivity index (χ3v) is 4.83. The smallest absolute Gasteiger partial charge is 0.293 e. The number of nitrogens with one attached hydrogen (secondary N) is 2. The fourth-order valence-electron chi connectivity index (χ4n) is 3.37. The number of carbonyl (C=O) groups is 1. The van der Waals surface area contributed by atoms with E-state index in [1.54, 1.807) is 43.5 Å². The summed E-state index contributed by atoms with van der Waals surface area (Å²) in [6.07, 6.45) is 3.10. The van der Waals surface area contributed by atoms with Crippen LogP contribution in [0.3, 0.4) is 0 Å². The quantitative estimate of drug-likeness (QED) is 0.240. The average molecular weight is 465 g/mol. The Kier molecular flexibility index (Phi) is 12.1. The number of methoxy groups -OCH3 is 1. The molecule has 0 aromatic heterocycles. The molecule has 0 aliphatic rings. The van der Waals surface area contributed by atoms with Crippen LogP contribution in [0.1, 0.15) is 43.5 Å². The Labute approximate surface area is 195 Å². The van der Waals surface area contributed by atoms with Crippen LogP contribution in [-0.2, 0) is 0 Å². The summed E-state index contributed by atoms with van der Waals surface area (Å²) in [7, 11) is 1.54. The zero-order chi connectivity index (χ0) is 22.6. The summed E-state index contributed by atoms with van der Waals surface area (Å²) in [5.41, 5.74) is 1.08. The summed E-state index contributed by atoms with van der Waals surface area (Å²) in [6.45, 7) is 8.02. The number of halogens is 1. The first-order chi connectivity index (χ1) is 15.0. The van der Waals surface area contributed by atoms with E-state index in [9.17, 15) is 14.9 Å². The third kappa shape index (κ3) is 8.36. The molecule has 8 nitrogen and oxygen atoms in total. The first kappa shape index (κ1) is 27.2. The molecule has 0 saturated carbocycles. The molecule has 32 heavy (non-hydrogen) atoms.